The second kappa shape index (κ2) is 7.02. The largest absolute Gasteiger partial charge is 0.534 e. The zero-order valence-electron chi connectivity index (χ0n) is 18.5. The summed E-state index contributed by atoms with van der Waals surface area (Å²) in [5.74, 6) is -0.354. The second-order valence-corrected chi connectivity index (χ2v) is 11.5. The van der Waals surface area contributed by atoms with Crippen molar-refractivity contribution in [2.45, 2.75) is 77.0 Å². The SMILES string of the molecule is CC(C)(C)OC(=O)N1CC[C@@]2(C)c3cccc(OS(=O)(=O)C(F)(F)F)c3C[C@H]1C2(C)C. The molecule has 1 aromatic carbocycles. The quantitative estimate of drug-likeness (QED) is 0.467. The van der Waals surface area contributed by atoms with E-state index < -0.39 is 44.2 Å². The highest BCUT2D eigenvalue weighted by molar-refractivity contribution is 7.88. The van der Waals surface area contributed by atoms with Crippen LogP contribution in [0.2, 0.25) is 0 Å². The van der Waals surface area contributed by atoms with Gasteiger partial charge in [0.2, 0.25) is 0 Å². The number of alkyl halides is 3. The maximum Gasteiger partial charge on any atom is 0.534 e. The van der Waals surface area contributed by atoms with Gasteiger partial charge >= 0.3 is 21.7 Å². The van der Waals surface area contributed by atoms with Crippen LogP contribution in [0.15, 0.2) is 18.2 Å². The number of hydrogen-bond donors (Lipinski definition) is 0. The van der Waals surface area contributed by atoms with Crippen LogP contribution in [0.25, 0.3) is 0 Å². The van der Waals surface area contributed by atoms with E-state index in [1.807, 2.05) is 20.8 Å². The minimum Gasteiger partial charge on any atom is -0.444 e. The molecule has 2 bridgehead atoms. The first-order valence-corrected chi connectivity index (χ1v) is 11.4. The highest BCUT2D eigenvalue weighted by Gasteiger charge is 2.58. The molecule has 0 N–H and O–H groups in total. The number of carbonyl (C=O) groups excluding carboxylic acids is 1. The van der Waals surface area contributed by atoms with Gasteiger partial charge in [0, 0.05) is 23.6 Å². The van der Waals surface area contributed by atoms with Crippen molar-refractivity contribution < 1.29 is 35.3 Å². The van der Waals surface area contributed by atoms with Crippen molar-refractivity contribution in [3.63, 3.8) is 0 Å². The number of likely N-dealkylation sites (tertiary alicyclic amines) is 1. The van der Waals surface area contributed by atoms with Crippen LogP contribution in [0.3, 0.4) is 0 Å². The van der Waals surface area contributed by atoms with E-state index in [1.165, 1.54) is 12.1 Å². The minimum absolute atomic E-state index is 0.153. The van der Waals surface area contributed by atoms with Gasteiger partial charge in [-0.05, 0) is 50.7 Å². The Morgan fingerprint density at radius 1 is 1.16 bits per heavy atom. The van der Waals surface area contributed by atoms with E-state index in [0.29, 0.717) is 18.5 Å². The van der Waals surface area contributed by atoms with E-state index in [-0.39, 0.29) is 12.2 Å². The molecule has 1 aromatic rings. The zero-order chi connectivity index (χ0) is 23.6. The highest BCUT2D eigenvalue weighted by Crippen LogP contribution is 2.57. The van der Waals surface area contributed by atoms with Crippen molar-refractivity contribution in [3.8, 4) is 5.75 Å². The molecule has 1 heterocycles. The Kier molecular flexibility index (Phi) is 5.36. The molecule has 10 heteroatoms. The van der Waals surface area contributed by atoms with Crippen molar-refractivity contribution in [1.82, 2.24) is 4.90 Å². The number of hydrogen-bond acceptors (Lipinski definition) is 5. The molecule has 6 nitrogen and oxygen atoms in total. The maximum absolute atomic E-state index is 12.9. The summed E-state index contributed by atoms with van der Waals surface area (Å²) < 4.78 is 72.2. The number of fused-ring (bicyclic) bond motifs is 4. The van der Waals surface area contributed by atoms with Crippen LogP contribution in [0.4, 0.5) is 18.0 Å². The predicted molar refractivity (Wildman–Crippen MR) is 108 cm³/mol. The fraction of sp³-hybridized carbons (Fsp3) is 0.667. The minimum atomic E-state index is -5.82. The van der Waals surface area contributed by atoms with Crippen LogP contribution in [-0.4, -0.2) is 43.1 Å². The molecule has 2 aliphatic rings. The monoisotopic (exact) mass is 463 g/mol. The standard InChI is InChI=1S/C21H28F3NO5S/c1-18(2,3)29-17(26)25-11-10-20(6)14-8-7-9-15(30-31(27,28)21(22,23)24)13(14)12-16(25)19(20,4)5/h7-9,16H,10-12H2,1-6H3/t16-,20-/m0/s1. The molecule has 3 rings (SSSR count). The number of amides is 1. The highest BCUT2D eigenvalue weighted by atomic mass is 32.2. The number of nitrogens with zero attached hydrogens (tertiary/aromatic N) is 1. The van der Waals surface area contributed by atoms with Crippen LogP contribution in [-0.2, 0) is 26.7 Å². The summed E-state index contributed by atoms with van der Waals surface area (Å²) in [5.41, 5.74) is -6.08. The zero-order valence-corrected chi connectivity index (χ0v) is 19.3. The molecule has 0 unspecified atom stereocenters. The predicted octanol–water partition coefficient (Wildman–Crippen LogP) is 4.76. The van der Waals surface area contributed by atoms with Gasteiger partial charge in [-0.2, -0.15) is 21.6 Å². The summed E-state index contributed by atoms with van der Waals surface area (Å²) in [6.07, 6.45) is 0.191. The van der Waals surface area contributed by atoms with E-state index in [0.717, 1.165) is 5.56 Å². The van der Waals surface area contributed by atoms with Gasteiger partial charge in [-0.1, -0.05) is 32.9 Å². The van der Waals surface area contributed by atoms with Crippen molar-refractivity contribution in [1.29, 1.82) is 0 Å². The second-order valence-electron chi connectivity index (χ2n) is 9.96. The Balaban J connectivity index is 2.08. The van der Waals surface area contributed by atoms with E-state index in [9.17, 15) is 26.4 Å². The molecule has 1 fully saturated rings. The molecular formula is C21H28F3NO5S. The molecule has 0 radical (unpaired) electrons. The average Bonchev–Trinajstić information content (AvgIpc) is 2.55. The van der Waals surface area contributed by atoms with Gasteiger partial charge in [0.25, 0.3) is 0 Å². The molecule has 174 valence electrons. The van der Waals surface area contributed by atoms with Gasteiger partial charge in [-0.3, -0.25) is 0 Å². The summed E-state index contributed by atoms with van der Waals surface area (Å²) in [6, 6.07) is 4.11. The topological polar surface area (TPSA) is 72.9 Å². The van der Waals surface area contributed by atoms with E-state index in [4.69, 9.17) is 4.74 Å². The van der Waals surface area contributed by atoms with Gasteiger partial charge in [0.1, 0.15) is 11.4 Å². The first-order chi connectivity index (χ1) is 13.9. The Labute approximate surface area is 180 Å². The fourth-order valence-corrected chi connectivity index (χ4v) is 5.18. The first kappa shape index (κ1) is 23.7. The summed E-state index contributed by atoms with van der Waals surface area (Å²) in [5, 5.41) is 0. The number of benzene rings is 1. The van der Waals surface area contributed by atoms with Crippen LogP contribution in [0.5, 0.6) is 5.75 Å². The third-order valence-electron chi connectivity index (χ3n) is 6.72. The molecule has 0 spiro atoms. The van der Waals surface area contributed by atoms with Gasteiger partial charge in [-0.25, -0.2) is 4.79 Å². The summed E-state index contributed by atoms with van der Waals surface area (Å²) in [4.78, 5) is 14.5. The summed E-state index contributed by atoms with van der Waals surface area (Å²) >= 11 is 0. The van der Waals surface area contributed by atoms with Crippen molar-refractivity contribution in [2.24, 2.45) is 5.41 Å². The number of rotatable bonds is 2. The molecule has 1 saturated heterocycles. The first-order valence-electron chi connectivity index (χ1n) is 10.0. The Hall–Kier alpha value is -1.97. The molecule has 1 aliphatic carbocycles. The number of piperidine rings is 1. The third kappa shape index (κ3) is 3.87. The van der Waals surface area contributed by atoms with E-state index >= 15 is 0 Å². The molecule has 0 aromatic heterocycles. The van der Waals surface area contributed by atoms with Crippen LogP contribution in [0.1, 0.15) is 59.1 Å². The Morgan fingerprint density at radius 3 is 2.32 bits per heavy atom. The van der Waals surface area contributed by atoms with Crippen molar-refractivity contribution >= 4 is 16.2 Å². The third-order valence-corrected chi connectivity index (χ3v) is 7.69. The lowest BCUT2D eigenvalue weighted by Crippen LogP contribution is -2.65. The van der Waals surface area contributed by atoms with Crippen LogP contribution in [0, 0.1) is 5.41 Å². The van der Waals surface area contributed by atoms with Gasteiger partial charge in [-0.15, -0.1) is 0 Å². The molecular weight excluding hydrogens is 435 g/mol. The smallest absolute Gasteiger partial charge is 0.444 e. The van der Waals surface area contributed by atoms with Crippen molar-refractivity contribution in [3.05, 3.63) is 29.3 Å². The Bertz CT molecular complexity index is 997. The molecule has 1 amide bonds. The van der Waals surface area contributed by atoms with Gasteiger partial charge < -0.3 is 13.8 Å². The molecule has 2 atom stereocenters. The lowest BCUT2D eigenvalue weighted by Gasteiger charge is -2.60. The normalized spacial score (nSPS) is 25.6. The summed E-state index contributed by atoms with van der Waals surface area (Å²) in [7, 11) is -5.82. The summed E-state index contributed by atoms with van der Waals surface area (Å²) in [6.45, 7) is 11.7. The lowest BCUT2D eigenvalue weighted by atomic mass is 9.51. The van der Waals surface area contributed by atoms with Crippen molar-refractivity contribution in [2.75, 3.05) is 6.54 Å². The fourth-order valence-electron chi connectivity index (χ4n) is 4.70. The number of carbonyl (C=O) groups is 1. The van der Waals surface area contributed by atoms with Gasteiger partial charge in [0.15, 0.2) is 0 Å². The van der Waals surface area contributed by atoms with Gasteiger partial charge in [0.05, 0.1) is 0 Å². The molecule has 31 heavy (non-hydrogen) atoms. The number of halogens is 3. The Morgan fingerprint density at radius 2 is 1.77 bits per heavy atom. The van der Waals surface area contributed by atoms with E-state index in [1.54, 1.807) is 31.7 Å². The average molecular weight is 464 g/mol. The van der Waals surface area contributed by atoms with Crippen LogP contribution >= 0.6 is 0 Å². The maximum atomic E-state index is 12.9. The number of ether oxygens (including phenoxy) is 1. The van der Waals surface area contributed by atoms with E-state index in [2.05, 4.69) is 4.18 Å². The van der Waals surface area contributed by atoms with Crippen LogP contribution < -0.4 is 4.18 Å². The lowest BCUT2D eigenvalue weighted by molar-refractivity contribution is -0.0530. The molecule has 1 aliphatic heterocycles. The molecule has 0 saturated carbocycles.